The van der Waals surface area contributed by atoms with Gasteiger partial charge in [0.25, 0.3) is 0 Å². The fourth-order valence-electron chi connectivity index (χ4n) is 2.03. The van der Waals surface area contributed by atoms with Crippen molar-refractivity contribution in [2.45, 2.75) is 6.54 Å². The topological polar surface area (TPSA) is 32.3 Å². The predicted molar refractivity (Wildman–Crippen MR) is 75.8 cm³/mol. The van der Waals surface area contributed by atoms with Crippen molar-refractivity contribution < 1.29 is 4.79 Å². The largest absolute Gasteiger partial charge is 0.326 e. The number of para-hydroxylation sites is 1. The molecule has 0 spiro atoms. The first-order valence-corrected chi connectivity index (χ1v) is 6.45. The SMILES string of the molecule is O=C1Nc2ccccc2CN1c1ccc(Br)cc1. The van der Waals surface area contributed by atoms with Crippen molar-refractivity contribution in [1.82, 2.24) is 0 Å². The van der Waals surface area contributed by atoms with E-state index in [0.29, 0.717) is 6.54 Å². The molecule has 3 nitrogen and oxygen atoms in total. The van der Waals surface area contributed by atoms with E-state index in [1.165, 1.54) is 0 Å². The molecule has 0 unspecified atom stereocenters. The number of hydrogen-bond donors (Lipinski definition) is 1. The molecule has 1 heterocycles. The summed E-state index contributed by atoms with van der Waals surface area (Å²) in [5, 5.41) is 2.90. The Hall–Kier alpha value is -1.81. The summed E-state index contributed by atoms with van der Waals surface area (Å²) >= 11 is 3.39. The van der Waals surface area contributed by atoms with Gasteiger partial charge in [0.2, 0.25) is 0 Å². The number of nitrogens with zero attached hydrogens (tertiary/aromatic N) is 1. The molecule has 1 N–H and O–H groups in total. The lowest BCUT2D eigenvalue weighted by Crippen LogP contribution is -2.38. The van der Waals surface area contributed by atoms with Gasteiger partial charge < -0.3 is 5.32 Å². The minimum atomic E-state index is -0.0870. The Bertz CT molecular complexity index is 595. The number of urea groups is 1. The average Bonchev–Trinajstić information content (AvgIpc) is 2.39. The molecule has 4 heteroatoms. The standard InChI is InChI=1S/C14H11BrN2O/c15-11-5-7-12(8-6-11)17-9-10-3-1-2-4-13(10)16-14(17)18/h1-8H,9H2,(H,16,18). The molecule has 1 aliphatic heterocycles. The molecule has 3 rings (SSSR count). The zero-order valence-corrected chi connectivity index (χ0v) is 11.1. The van der Waals surface area contributed by atoms with Gasteiger partial charge in [0.15, 0.2) is 0 Å². The third-order valence-corrected chi connectivity index (χ3v) is 3.50. The first kappa shape index (κ1) is 11.3. The molecule has 1 aliphatic rings. The zero-order valence-electron chi connectivity index (χ0n) is 9.56. The molecular formula is C14H11BrN2O. The Morgan fingerprint density at radius 3 is 2.56 bits per heavy atom. The summed E-state index contributed by atoms with van der Waals surface area (Å²) in [5.74, 6) is 0. The van der Waals surface area contributed by atoms with E-state index in [-0.39, 0.29) is 6.03 Å². The van der Waals surface area contributed by atoms with Crippen molar-refractivity contribution in [2.24, 2.45) is 0 Å². The molecule has 0 aliphatic carbocycles. The first-order chi connectivity index (χ1) is 8.74. The highest BCUT2D eigenvalue weighted by molar-refractivity contribution is 9.10. The van der Waals surface area contributed by atoms with Crippen molar-refractivity contribution >= 4 is 33.3 Å². The number of carbonyl (C=O) groups excluding carboxylic acids is 1. The van der Waals surface area contributed by atoms with Crippen molar-refractivity contribution in [3.05, 3.63) is 58.6 Å². The number of anilines is 2. The van der Waals surface area contributed by atoms with Gasteiger partial charge in [-0.1, -0.05) is 34.1 Å². The monoisotopic (exact) mass is 302 g/mol. The number of fused-ring (bicyclic) bond motifs is 1. The second-order valence-electron chi connectivity index (χ2n) is 4.15. The lowest BCUT2D eigenvalue weighted by molar-refractivity contribution is 0.256. The lowest BCUT2D eigenvalue weighted by atomic mass is 10.1. The second-order valence-corrected chi connectivity index (χ2v) is 5.07. The van der Waals surface area contributed by atoms with Crippen LogP contribution in [0.1, 0.15) is 5.56 Å². The van der Waals surface area contributed by atoms with Gasteiger partial charge in [-0.15, -0.1) is 0 Å². The van der Waals surface area contributed by atoms with Gasteiger partial charge in [-0.3, -0.25) is 4.90 Å². The highest BCUT2D eigenvalue weighted by atomic mass is 79.9. The normalized spacial score (nSPS) is 14.1. The Balaban J connectivity index is 1.95. The summed E-state index contributed by atoms with van der Waals surface area (Å²) in [5.41, 5.74) is 2.92. The minimum absolute atomic E-state index is 0.0870. The first-order valence-electron chi connectivity index (χ1n) is 5.66. The maximum absolute atomic E-state index is 12.0. The van der Waals surface area contributed by atoms with E-state index in [2.05, 4.69) is 21.2 Å². The van der Waals surface area contributed by atoms with Crippen LogP contribution >= 0.6 is 15.9 Å². The van der Waals surface area contributed by atoms with E-state index in [1.54, 1.807) is 4.90 Å². The lowest BCUT2D eigenvalue weighted by Gasteiger charge is -2.29. The molecule has 0 saturated heterocycles. The van der Waals surface area contributed by atoms with E-state index in [0.717, 1.165) is 21.4 Å². The van der Waals surface area contributed by atoms with Crippen molar-refractivity contribution in [3.8, 4) is 0 Å². The zero-order chi connectivity index (χ0) is 12.5. The van der Waals surface area contributed by atoms with Gasteiger partial charge in [0.1, 0.15) is 0 Å². The summed E-state index contributed by atoms with van der Waals surface area (Å²) < 4.78 is 1.00. The smallest absolute Gasteiger partial charge is 0.307 e. The summed E-state index contributed by atoms with van der Waals surface area (Å²) in [4.78, 5) is 13.8. The Morgan fingerprint density at radius 1 is 1.06 bits per heavy atom. The van der Waals surface area contributed by atoms with Crippen LogP contribution in [0.4, 0.5) is 16.2 Å². The number of nitrogens with one attached hydrogen (secondary N) is 1. The molecule has 0 fully saturated rings. The van der Waals surface area contributed by atoms with Crippen LogP contribution in [0.3, 0.4) is 0 Å². The van der Waals surface area contributed by atoms with Crippen LogP contribution in [0.2, 0.25) is 0 Å². The van der Waals surface area contributed by atoms with Gasteiger partial charge in [0, 0.05) is 15.8 Å². The third-order valence-electron chi connectivity index (χ3n) is 2.97. The molecule has 0 bridgehead atoms. The fraction of sp³-hybridized carbons (Fsp3) is 0.0714. The number of carbonyl (C=O) groups is 1. The Morgan fingerprint density at radius 2 is 1.78 bits per heavy atom. The highest BCUT2D eigenvalue weighted by Gasteiger charge is 2.23. The molecule has 2 aromatic rings. The van der Waals surface area contributed by atoms with Crippen molar-refractivity contribution in [3.63, 3.8) is 0 Å². The van der Waals surface area contributed by atoms with Crippen LogP contribution in [0.5, 0.6) is 0 Å². The van der Waals surface area contributed by atoms with E-state index >= 15 is 0 Å². The van der Waals surface area contributed by atoms with E-state index in [1.807, 2.05) is 48.5 Å². The third kappa shape index (κ3) is 1.99. The van der Waals surface area contributed by atoms with Gasteiger partial charge >= 0.3 is 6.03 Å². The fourth-order valence-corrected chi connectivity index (χ4v) is 2.30. The number of rotatable bonds is 1. The summed E-state index contributed by atoms with van der Waals surface area (Å²) in [6.07, 6.45) is 0. The summed E-state index contributed by atoms with van der Waals surface area (Å²) in [7, 11) is 0. The molecule has 18 heavy (non-hydrogen) atoms. The molecule has 2 aromatic carbocycles. The van der Waals surface area contributed by atoms with Crippen LogP contribution in [0.25, 0.3) is 0 Å². The van der Waals surface area contributed by atoms with Gasteiger partial charge in [0.05, 0.1) is 6.54 Å². The predicted octanol–water partition coefficient (Wildman–Crippen LogP) is 4.00. The minimum Gasteiger partial charge on any atom is -0.307 e. The van der Waals surface area contributed by atoms with E-state index in [4.69, 9.17) is 0 Å². The molecule has 0 saturated carbocycles. The van der Waals surface area contributed by atoms with Gasteiger partial charge in [-0.05, 0) is 35.9 Å². The van der Waals surface area contributed by atoms with Crippen LogP contribution in [-0.2, 0) is 6.54 Å². The number of halogens is 1. The van der Waals surface area contributed by atoms with Crippen LogP contribution in [0, 0.1) is 0 Å². The Labute approximate surface area is 114 Å². The number of hydrogen-bond acceptors (Lipinski definition) is 1. The summed E-state index contributed by atoms with van der Waals surface area (Å²) in [6.45, 7) is 0.601. The molecule has 2 amide bonds. The second kappa shape index (κ2) is 4.46. The molecular weight excluding hydrogens is 292 g/mol. The molecule has 90 valence electrons. The maximum Gasteiger partial charge on any atom is 0.326 e. The van der Waals surface area contributed by atoms with Crippen LogP contribution in [0.15, 0.2) is 53.0 Å². The molecule has 0 atom stereocenters. The molecule has 0 radical (unpaired) electrons. The number of amides is 2. The molecule has 0 aromatic heterocycles. The van der Waals surface area contributed by atoms with Crippen molar-refractivity contribution in [2.75, 3.05) is 10.2 Å². The van der Waals surface area contributed by atoms with E-state index < -0.39 is 0 Å². The van der Waals surface area contributed by atoms with Crippen molar-refractivity contribution in [1.29, 1.82) is 0 Å². The quantitative estimate of drug-likeness (QED) is 0.848. The Kier molecular flexibility index (Phi) is 2.80. The van der Waals surface area contributed by atoms with Crippen LogP contribution in [-0.4, -0.2) is 6.03 Å². The summed E-state index contributed by atoms with van der Waals surface area (Å²) in [6, 6.07) is 15.5. The number of benzene rings is 2. The maximum atomic E-state index is 12.0. The van der Waals surface area contributed by atoms with Gasteiger partial charge in [-0.2, -0.15) is 0 Å². The van der Waals surface area contributed by atoms with Crippen LogP contribution < -0.4 is 10.2 Å². The van der Waals surface area contributed by atoms with E-state index in [9.17, 15) is 4.79 Å². The van der Waals surface area contributed by atoms with Gasteiger partial charge in [-0.25, -0.2) is 4.79 Å². The average molecular weight is 303 g/mol. The highest BCUT2D eigenvalue weighted by Crippen LogP contribution is 2.27.